The van der Waals surface area contributed by atoms with Crippen LogP contribution in [0.15, 0.2) is 41.4 Å². The summed E-state index contributed by atoms with van der Waals surface area (Å²) in [5.41, 5.74) is 0.815. The van der Waals surface area contributed by atoms with Gasteiger partial charge in [0.1, 0.15) is 6.04 Å². The number of halogens is 1. The van der Waals surface area contributed by atoms with Crippen LogP contribution in [0.2, 0.25) is 0 Å². The Morgan fingerprint density at radius 3 is 2.74 bits per heavy atom. The first-order valence-corrected chi connectivity index (χ1v) is 8.17. The molecule has 23 heavy (non-hydrogen) atoms. The molecule has 1 fully saturated rings. The van der Waals surface area contributed by atoms with Gasteiger partial charge in [-0.2, -0.15) is 13.5 Å². The smallest absolute Gasteiger partial charge is 0.295 e. The minimum atomic E-state index is -4.80. The van der Waals surface area contributed by atoms with Crippen molar-refractivity contribution in [2.75, 3.05) is 0 Å². The largest absolute Gasteiger partial charge is 0.332 e. The number of imide groups is 1. The highest BCUT2D eigenvalue weighted by molar-refractivity contribution is 7.86. The van der Waals surface area contributed by atoms with Crippen molar-refractivity contribution in [2.45, 2.75) is 23.8 Å². The molecule has 1 unspecified atom stereocenters. The summed E-state index contributed by atoms with van der Waals surface area (Å²) < 4.78 is 36.4. The quantitative estimate of drug-likeness (QED) is 0.670. The lowest BCUT2D eigenvalue weighted by Gasteiger charge is -2.20. The number of carbonyl (C=O) groups excluding carboxylic acids is 2. The van der Waals surface area contributed by atoms with Gasteiger partial charge >= 0.3 is 10.2 Å². The summed E-state index contributed by atoms with van der Waals surface area (Å²) in [5, 5.41) is 6.47. The van der Waals surface area contributed by atoms with E-state index in [-0.39, 0.29) is 12.3 Å². The molecule has 3 rings (SSSR count). The van der Waals surface area contributed by atoms with Crippen molar-refractivity contribution in [3.63, 3.8) is 0 Å². The van der Waals surface area contributed by atoms with E-state index >= 15 is 0 Å². The Hall–Kier alpha value is -2.55. The lowest BCUT2D eigenvalue weighted by atomic mass is 10.1. The van der Waals surface area contributed by atoms with Crippen LogP contribution in [-0.2, 0) is 19.8 Å². The molecule has 1 aromatic carbocycles. The van der Waals surface area contributed by atoms with Crippen molar-refractivity contribution in [1.82, 2.24) is 15.1 Å². The van der Waals surface area contributed by atoms with Crippen LogP contribution in [0, 0.1) is 0 Å². The minimum Gasteiger partial charge on any atom is -0.295 e. The van der Waals surface area contributed by atoms with Gasteiger partial charge in [0.2, 0.25) is 5.91 Å². The van der Waals surface area contributed by atoms with Gasteiger partial charge in [0, 0.05) is 18.2 Å². The summed E-state index contributed by atoms with van der Waals surface area (Å²) in [6, 6.07) is 6.31. The van der Waals surface area contributed by atoms with Gasteiger partial charge in [-0.25, -0.2) is 0 Å². The molecule has 0 saturated carbocycles. The number of carbonyl (C=O) groups is 2. The van der Waals surface area contributed by atoms with Crippen molar-refractivity contribution in [3.8, 4) is 11.3 Å². The fourth-order valence-corrected chi connectivity index (χ4v) is 2.92. The zero-order valence-electron chi connectivity index (χ0n) is 11.8. The van der Waals surface area contributed by atoms with Gasteiger partial charge in [0.05, 0.1) is 10.6 Å². The molecule has 7 nitrogen and oxygen atoms in total. The molecule has 0 aliphatic carbocycles. The summed E-state index contributed by atoms with van der Waals surface area (Å²) in [4.78, 5) is 22.5. The molecule has 1 aliphatic heterocycles. The molecule has 2 heterocycles. The summed E-state index contributed by atoms with van der Waals surface area (Å²) in [7, 11) is -4.80. The van der Waals surface area contributed by atoms with Crippen LogP contribution < -0.4 is 5.32 Å². The molecule has 1 saturated heterocycles. The zero-order chi connectivity index (χ0) is 16.6. The van der Waals surface area contributed by atoms with E-state index < -0.39 is 27.1 Å². The minimum absolute atomic E-state index is 0.223. The second kappa shape index (κ2) is 5.58. The maximum absolute atomic E-state index is 13.1. The molecule has 0 radical (unpaired) electrons. The van der Waals surface area contributed by atoms with E-state index in [0.717, 1.165) is 6.07 Å². The average molecular weight is 337 g/mol. The summed E-state index contributed by atoms with van der Waals surface area (Å²) in [6.45, 7) is 0. The van der Waals surface area contributed by atoms with Gasteiger partial charge < -0.3 is 0 Å². The third-order valence-electron chi connectivity index (χ3n) is 3.55. The molecular formula is C14H12FN3O4S. The summed E-state index contributed by atoms with van der Waals surface area (Å²) in [6.07, 6.45) is 2.12. The van der Waals surface area contributed by atoms with Crippen molar-refractivity contribution in [1.29, 1.82) is 0 Å². The number of piperidine rings is 1. The highest BCUT2D eigenvalue weighted by Gasteiger charge is 2.28. The van der Waals surface area contributed by atoms with E-state index in [2.05, 4.69) is 10.4 Å². The SMILES string of the molecule is O=C1CCC(n2ccc(-c3cccc(S(=O)(=O)F)c3)n2)C(=O)N1. The number of hydrogen-bond acceptors (Lipinski definition) is 5. The molecular weight excluding hydrogens is 325 g/mol. The number of hydrogen-bond donors (Lipinski definition) is 1. The van der Waals surface area contributed by atoms with Crippen molar-refractivity contribution in [2.24, 2.45) is 0 Å². The first-order valence-electron chi connectivity index (χ1n) is 6.78. The van der Waals surface area contributed by atoms with Gasteiger partial charge in [-0.1, -0.05) is 12.1 Å². The van der Waals surface area contributed by atoms with Crippen molar-refractivity contribution in [3.05, 3.63) is 36.5 Å². The lowest BCUT2D eigenvalue weighted by Crippen LogP contribution is -2.41. The molecule has 2 aromatic rings. The Balaban J connectivity index is 1.91. The summed E-state index contributed by atoms with van der Waals surface area (Å²) >= 11 is 0. The Bertz CT molecular complexity index is 891. The van der Waals surface area contributed by atoms with Crippen molar-refractivity contribution < 1.29 is 21.9 Å². The molecule has 1 aromatic heterocycles. The monoisotopic (exact) mass is 337 g/mol. The Morgan fingerprint density at radius 1 is 1.26 bits per heavy atom. The first kappa shape index (κ1) is 15.3. The Morgan fingerprint density at radius 2 is 2.04 bits per heavy atom. The van der Waals surface area contributed by atoms with Gasteiger partial charge in [-0.3, -0.25) is 19.6 Å². The number of benzene rings is 1. The lowest BCUT2D eigenvalue weighted by molar-refractivity contribution is -0.135. The molecule has 2 amide bonds. The van der Waals surface area contributed by atoms with Gasteiger partial charge in [0.25, 0.3) is 5.91 Å². The molecule has 120 valence electrons. The van der Waals surface area contributed by atoms with Gasteiger partial charge in [-0.15, -0.1) is 3.89 Å². The maximum Gasteiger partial charge on any atom is 0.332 e. The normalized spacial score (nSPS) is 18.7. The molecule has 0 bridgehead atoms. The maximum atomic E-state index is 13.1. The van der Waals surface area contributed by atoms with Gasteiger partial charge in [0.15, 0.2) is 0 Å². The molecule has 1 aliphatic rings. The van der Waals surface area contributed by atoms with E-state index in [0.29, 0.717) is 17.7 Å². The van der Waals surface area contributed by atoms with Crippen LogP contribution in [-0.4, -0.2) is 30.0 Å². The highest BCUT2D eigenvalue weighted by Crippen LogP contribution is 2.24. The Labute approximate surface area is 131 Å². The molecule has 0 spiro atoms. The van der Waals surface area contributed by atoms with Crippen LogP contribution in [0.25, 0.3) is 11.3 Å². The van der Waals surface area contributed by atoms with Crippen LogP contribution in [0.1, 0.15) is 18.9 Å². The predicted molar refractivity (Wildman–Crippen MR) is 77.4 cm³/mol. The molecule has 9 heteroatoms. The standard InChI is InChI=1S/C14H12FN3O4S/c15-23(21,22)10-3-1-2-9(8-10)11-6-7-18(17-11)12-4-5-13(19)16-14(12)20/h1-3,6-8,12H,4-5H2,(H,16,19,20). The topological polar surface area (TPSA) is 98.1 Å². The fraction of sp³-hybridized carbons (Fsp3) is 0.214. The number of aromatic nitrogens is 2. The first-order chi connectivity index (χ1) is 10.8. The summed E-state index contributed by atoms with van der Waals surface area (Å²) in [5.74, 6) is -0.754. The number of nitrogens with one attached hydrogen (secondary N) is 1. The number of nitrogens with zero attached hydrogens (tertiary/aromatic N) is 2. The Kier molecular flexibility index (Phi) is 3.72. The fourth-order valence-electron chi connectivity index (χ4n) is 2.41. The van der Waals surface area contributed by atoms with Crippen LogP contribution in [0.3, 0.4) is 0 Å². The van der Waals surface area contributed by atoms with Crippen LogP contribution in [0.5, 0.6) is 0 Å². The second-order valence-corrected chi connectivity index (χ2v) is 6.46. The van der Waals surface area contributed by atoms with E-state index in [4.69, 9.17) is 0 Å². The predicted octanol–water partition coefficient (Wildman–Crippen LogP) is 1.19. The third-order valence-corrected chi connectivity index (χ3v) is 4.37. The van der Waals surface area contributed by atoms with Crippen LogP contribution >= 0.6 is 0 Å². The van der Waals surface area contributed by atoms with E-state index in [1.807, 2.05) is 0 Å². The number of rotatable bonds is 3. The highest BCUT2D eigenvalue weighted by atomic mass is 32.3. The van der Waals surface area contributed by atoms with Crippen molar-refractivity contribution >= 4 is 22.0 Å². The second-order valence-electron chi connectivity index (χ2n) is 5.11. The van der Waals surface area contributed by atoms with E-state index in [9.17, 15) is 21.9 Å². The third kappa shape index (κ3) is 3.14. The van der Waals surface area contributed by atoms with E-state index in [1.54, 1.807) is 18.3 Å². The number of amides is 2. The average Bonchev–Trinajstić information content (AvgIpc) is 2.96. The van der Waals surface area contributed by atoms with Crippen LogP contribution in [0.4, 0.5) is 3.89 Å². The zero-order valence-corrected chi connectivity index (χ0v) is 12.6. The van der Waals surface area contributed by atoms with Gasteiger partial charge in [-0.05, 0) is 24.6 Å². The molecule has 1 N–H and O–H groups in total. The molecule has 1 atom stereocenters. The van der Waals surface area contributed by atoms with E-state index in [1.165, 1.54) is 16.8 Å².